The number of rotatable bonds is 7. The van der Waals surface area contributed by atoms with Gasteiger partial charge in [0.25, 0.3) is 0 Å². The van der Waals surface area contributed by atoms with E-state index in [1.807, 2.05) is 4.90 Å². The van der Waals surface area contributed by atoms with Crippen LogP contribution in [0, 0.1) is 5.82 Å². The van der Waals surface area contributed by atoms with E-state index in [0.29, 0.717) is 38.4 Å². The molecule has 0 spiro atoms. The fourth-order valence-electron chi connectivity index (χ4n) is 3.73. The third kappa shape index (κ3) is 5.97. The number of nitrogens with zero attached hydrogens (tertiary/aromatic N) is 3. The van der Waals surface area contributed by atoms with Gasteiger partial charge in [-0.3, -0.25) is 24.2 Å². The maximum Gasteiger partial charge on any atom is 0.243 e. The van der Waals surface area contributed by atoms with Crippen molar-refractivity contribution in [3.05, 3.63) is 30.1 Å². The highest BCUT2D eigenvalue weighted by Crippen LogP contribution is 2.14. The van der Waals surface area contributed by atoms with Crippen LogP contribution >= 0.6 is 0 Å². The van der Waals surface area contributed by atoms with E-state index in [9.17, 15) is 18.8 Å². The van der Waals surface area contributed by atoms with E-state index < -0.39 is 17.8 Å². The number of aliphatic hydroxyl groups is 1. The zero-order valence-electron chi connectivity index (χ0n) is 16.8. The van der Waals surface area contributed by atoms with Crippen molar-refractivity contribution in [1.29, 1.82) is 0 Å². The van der Waals surface area contributed by atoms with Crippen LogP contribution in [0.3, 0.4) is 0 Å². The summed E-state index contributed by atoms with van der Waals surface area (Å²) in [6, 6.07) is 4.47. The van der Waals surface area contributed by atoms with Gasteiger partial charge in [-0.05, 0) is 24.3 Å². The quantitative estimate of drug-likeness (QED) is 0.527. The molecule has 2 aliphatic heterocycles. The number of hydrogen-bond donors (Lipinski definition) is 3. The van der Waals surface area contributed by atoms with Gasteiger partial charge in [-0.2, -0.15) is 0 Å². The maximum atomic E-state index is 13.0. The Bertz CT molecular complexity index is 752. The molecule has 2 fully saturated rings. The van der Waals surface area contributed by atoms with Crippen LogP contribution in [0.5, 0.6) is 0 Å². The van der Waals surface area contributed by atoms with E-state index in [-0.39, 0.29) is 31.4 Å². The summed E-state index contributed by atoms with van der Waals surface area (Å²) in [4.78, 5) is 43.3. The molecule has 3 amide bonds. The van der Waals surface area contributed by atoms with Crippen molar-refractivity contribution in [3.8, 4) is 0 Å². The summed E-state index contributed by atoms with van der Waals surface area (Å²) < 4.78 is 13.0. The minimum Gasteiger partial charge on any atom is -0.395 e. The Kier molecular flexibility index (Phi) is 7.72. The average molecular weight is 421 g/mol. The van der Waals surface area contributed by atoms with Gasteiger partial charge in [-0.1, -0.05) is 0 Å². The van der Waals surface area contributed by atoms with Crippen LogP contribution in [-0.2, 0) is 14.4 Å². The van der Waals surface area contributed by atoms with Crippen molar-refractivity contribution in [2.24, 2.45) is 0 Å². The zero-order chi connectivity index (χ0) is 21.5. The first-order chi connectivity index (χ1) is 14.5. The van der Waals surface area contributed by atoms with Crippen LogP contribution in [-0.4, -0.2) is 103 Å². The first-order valence-corrected chi connectivity index (χ1v) is 10.1. The molecule has 1 aromatic carbocycles. The number of amides is 3. The third-order valence-corrected chi connectivity index (χ3v) is 5.40. The second kappa shape index (κ2) is 10.5. The highest BCUT2D eigenvalue weighted by molar-refractivity contribution is 5.97. The van der Waals surface area contributed by atoms with E-state index in [1.54, 1.807) is 0 Å². The van der Waals surface area contributed by atoms with Crippen LogP contribution < -0.4 is 10.6 Å². The summed E-state index contributed by atoms with van der Waals surface area (Å²) in [5.74, 6) is -1.36. The molecule has 164 valence electrons. The normalized spacial score (nSPS) is 20.7. The molecular weight excluding hydrogens is 393 g/mol. The lowest BCUT2D eigenvalue weighted by molar-refractivity contribution is -0.145. The lowest BCUT2D eigenvalue weighted by Crippen LogP contribution is -2.60. The second-order valence-corrected chi connectivity index (χ2v) is 7.49. The monoisotopic (exact) mass is 421 g/mol. The average Bonchev–Trinajstić information content (AvgIpc) is 2.73. The Morgan fingerprint density at radius 1 is 1.10 bits per heavy atom. The van der Waals surface area contributed by atoms with Crippen molar-refractivity contribution in [2.75, 3.05) is 64.3 Å². The predicted octanol–water partition coefficient (Wildman–Crippen LogP) is -0.909. The number of β-amino-alcohol motifs (C(OH)–C–C–N with tert-alkyl or cyclic N) is 1. The van der Waals surface area contributed by atoms with Crippen molar-refractivity contribution in [1.82, 2.24) is 20.0 Å². The molecule has 0 aromatic heterocycles. The molecule has 0 bridgehead atoms. The van der Waals surface area contributed by atoms with Gasteiger partial charge in [0.2, 0.25) is 17.7 Å². The molecule has 9 nitrogen and oxygen atoms in total. The summed E-state index contributed by atoms with van der Waals surface area (Å²) in [6.45, 7) is 4.60. The van der Waals surface area contributed by atoms with E-state index >= 15 is 0 Å². The second-order valence-electron chi connectivity index (χ2n) is 7.49. The summed E-state index contributed by atoms with van der Waals surface area (Å²) in [6.07, 6.45) is -0.167. The number of carbonyl (C=O) groups excluding carboxylic acids is 3. The number of nitrogens with one attached hydrogen (secondary N) is 2. The highest BCUT2D eigenvalue weighted by Gasteiger charge is 2.35. The lowest BCUT2D eigenvalue weighted by Gasteiger charge is -2.38. The van der Waals surface area contributed by atoms with Gasteiger partial charge in [-0.25, -0.2) is 4.39 Å². The number of aliphatic hydroxyl groups excluding tert-OH is 1. The predicted molar refractivity (Wildman–Crippen MR) is 108 cm³/mol. The Labute approximate surface area is 174 Å². The molecule has 1 atom stereocenters. The van der Waals surface area contributed by atoms with Crippen molar-refractivity contribution in [3.63, 3.8) is 0 Å². The summed E-state index contributed by atoms with van der Waals surface area (Å²) in [5.41, 5.74) is 0.427. The number of hydrogen-bond acceptors (Lipinski definition) is 6. The summed E-state index contributed by atoms with van der Waals surface area (Å²) >= 11 is 0. The molecule has 2 saturated heterocycles. The largest absolute Gasteiger partial charge is 0.395 e. The first-order valence-electron chi connectivity index (χ1n) is 10.1. The van der Waals surface area contributed by atoms with Crippen molar-refractivity contribution in [2.45, 2.75) is 12.5 Å². The van der Waals surface area contributed by atoms with Gasteiger partial charge >= 0.3 is 0 Å². The van der Waals surface area contributed by atoms with Crippen molar-refractivity contribution >= 4 is 23.4 Å². The molecule has 0 radical (unpaired) electrons. The SMILES string of the molecule is O=C(CC1C(=O)NCCN1C(=O)CN1CCN(CCO)CC1)Nc1ccc(F)cc1. The molecule has 3 N–H and O–H groups in total. The Morgan fingerprint density at radius 2 is 1.77 bits per heavy atom. The van der Waals surface area contributed by atoms with E-state index in [4.69, 9.17) is 5.11 Å². The van der Waals surface area contributed by atoms with Gasteiger partial charge in [0.15, 0.2) is 0 Å². The number of benzene rings is 1. The molecule has 2 heterocycles. The Morgan fingerprint density at radius 3 is 2.43 bits per heavy atom. The fraction of sp³-hybridized carbons (Fsp3) is 0.550. The topological polar surface area (TPSA) is 105 Å². The molecule has 0 aliphatic carbocycles. The summed E-state index contributed by atoms with van der Waals surface area (Å²) in [7, 11) is 0. The third-order valence-electron chi connectivity index (χ3n) is 5.40. The molecule has 1 unspecified atom stereocenters. The first kappa shape index (κ1) is 22.1. The number of carbonyl (C=O) groups is 3. The van der Waals surface area contributed by atoms with Gasteiger partial charge < -0.3 is 20.6 Å². The maximum absolute atomic E-state index is 13.0. The molecule has 2 aliphatic rings. The van der Waals surface area contributed by atoms with E-state index in [2.05, 4.69) is 15.5 Å². The van der Waals surface area contributed by atoms with E-state index in [0.717, 1.165) is 13.1 Å². The minimum absolute atomic E-state index is 0.115. The van der Waals surface area contributed by atoms with Crippen LogP contribution in [0.15, 0.2) is 24.3 Å². The van der Waals surface area contributed by atoms with E-state index in [1.165, 1.54) is 29.2 Å². The number of anilines is 1. The lowest BCUT2D eigenvalue weighted by atomic mass is 10.1. The molecule has 0 saturated carbocycles. The van der Waals surface area contributed by atoms with Crippen LogP contribution in [0.4, 0.5) is 10.1 Å². The molecular formula is C20H28FN5O4. The Hall–Kier alpha value is -2.56. The van der Waals surface area contributed by atoms with Crippen LogP contribution in [0.2, 0.25) is 0 Å². The molecule has 3 rings (SSSR count). The molecule has 30 heavy (non-hydrogen) atoms. The van der Waals surface area contributed by atoms with Crippen LogP contribution in [0.1, 0.15) is 6.42 Å². The van der Waals surface area contributed by atoms with Crippen LogP contribution in [0.25, 0.3) is 0 Å². The molecule has 10 heteroatoms. The standard InChI is InChI=1S/C20H28FN5O4/c21-15-1-3-16(4-2-15)23-18(28)13-17-20(30)22-5-6-26(17)19(29)14-25-9-7-24(8-10-25)11-12-27/h1-4,17,27H,5-14H2,(H,22,30)(H,23,28). The zero-order valence-corrected chi connectivity index (χ0v) is 16.8. The summed E-state index contributed by atoms with van der Waals surface area (Å²) in [5, 5.41) is 14.4. The molecule has 1 aromatic rings. The van der Waals surface area contributed by atoms with Gasteiger partial charge in [0, 0.05) is 51.5 Å². The fourth-order valence-corrected chi connectivity index (χ4v) is 3.73. The number of piperazine rings is 2. The minimum atomic E-state index is -0.873. The van der Waals surface area contributed by atoms with Crippen molar-refractivity contribution < 1.29 is 23.9 Å². The number of halogens is 1. The van der Waals surface area contributed by atoms with Gasteiger partial charge in [0.05, 0.1) is 19.6 Å². The highest BCUT2D eigenvalue weighted by atomic mass is 19.1. The van der Waals surface area contributed by atoms with Gasteiger partial charge in [0.1, 0.15) is 11.9 Å². The smallest absolute Gasteiger partial charge is 0.243 e. The Balaban J connectivity index is 1.55. The van der Waals surface area contributed by atoms with Gasteiger partial charge in [-0.15, -0.1) is 0 Å².